The number of amides is 1. The summed E-state index contributed by atoms with van der Waals surface area (Å²) >= 11 is 1.31. The number of hydrogen-bond donors (Lipinski definition) is 3. The number of hydrogen-bond acceptors (Lipinski definition) is 5. The lowest BCUT2D eigenvalue weighted by molar-refractivity contribution is 0.0855. The average Bonchev–Trinajstić information content (AvgIpc) is 2.56. The van der Waals surface area contributed by atoms with Crippen LogP contribution in [0.15, 0.2) is 0 Å². The number of thiazole rings is 1. The number of carbonyl (C=O) groups excluding carboxylic acids is 1. The summed E-state index contributed by atoms with van der Waals surface area (Å²) in [5.74, 6) is 0.201. The van der Waals surface area contributed by atoms with Crippen molar-refractivity contribution in [1.29, 1.82) is 0 Å². The quantitative estimate of drug-likeness (QED) is 0.782. The van der Waals surface area contributed by atoms with Gasteiger partial charge in [-0.05, 0) is 40.0 Å². The minimum atomic E-state index is -0.107. The smallest absolute Gasteiger partial charge is 0.265 e. The zero-order chi connectivity index (χ0) is 13.3. The highest BCUT2D eigenvalue weighted by atomic mass is 32.1. The first kappa shape index (κ1) is 13.1. The average molecular weight is 268 g/mol. The largest absolute Gasteiger partial charge is 0.382 e. The Morgan fingerprint density at radius 1 is 1.50 bits per heavy atom. The summed E-state index contributed by atoms with van der Waals surface area (Å²) in [4.78, 5) is 16.8. The van der Waals surface area contributed by atoms with Crippen LogP contribution in [-0.2, 0) is 0 Å². The van der Waals surface area contributed by atoms with E-state index < -0.39 is 0 Å². The van der Waals surface area contributed by atoms with Gasteiger partial charge in [-0.15, -0.1) is 0 Å². The van der Waals surface area contributed by atoms with Gasteiger partial charge in [-0.1, -0.05) is 11.3 Å². The highest BCUT2D eigenvalue weighted by molar-refractivity contribution is 7.18. The summed E-state index contributed by atoms with van der Waals surface area (Å²) in [5.41, 5.74) is 5.74. The van der Waals surface area contributed by atoms with Crippen molar-refractivity contribution in [3.63, 3.8) is 0 Å². The summed E-state index contributed by atoms with van der Waals surface area (Å²) in [6, 6.07) is 0.274. The van der Waals surface area contributed by atoms with Crippen molar-refractivity contribution in [1.82, 2.24) is 10.3 Å². The van der Waals surface area contributed by atoms with E-state index in [0.717, 1.165) is 12.8 Å². The standard InChI is InChI=1S/C12H20N4OS/c1-7(2)14-11-15-9(13)8(18-11)10(17)16-12(3)5-4-6-12/h7H,4-6,13H2,1-3H3,(H,14,15)(H,16,17). The second-order valence-electron chi connectivity index (χ2n) is 5.40. The molecule has 0 saturated heterocycles. The van der Waals surface area contributed by atoms with Crippen LogP contribution >= 0.6 is 11.3 Å². The number of rotatable bonds is 4. The van der Waals surface area contributed by atoms with E-state index in [9.17, 15) is 4.79 Å². The van der Waals surface area contributed by atoms with Crippen LogP contribution in [0.2, 0.25) is 0 Å². The first-order valence-electron chi connectivity index (χ1n) is 6.25. The molecule has 6 heteroatoms. The Morgan fingerprint density at radius 3 is 2.67 bits per heavy atom. The van der Waals surface area contributed by atoms with Crippen molar-refractivity contribution in [2.24, 2.45) is 0 Å². The number of nitrogen functional groups attached to an aromatic ring is 1. The van der Waals surface area contributed by atoms with Crippen LogP contribution in [0, 0.1) is 0 Å². The van der Waals surface area contributed by atoms with E-state index in [4.69, 9.17) is 5.73 Å². The van der Waals surface area contributed by atoms with Gasteiger partial charge in [0.05, 0.1) is 0 Å². The molecule has 0 spiro atoms. The summed E-state index contributed by atoms with van der Waals surface area (Å²) < 4.78 is 0. The molecule has 18 heavy (non-hydrogen) atoms. The third-order valence-corrected chi connectivity index (χ3v) is 4.15. The van der Waals surface area contributed by atoms with Crippen molar-refractivity contribution in [2.45, 2.75) is 51.6 Å². The lowest BCUT2D eigenvalue weighted by Gasteiger charge is -2.38. The van der Waals surface area contributed by atoms with Crippen LogP contribution in [0.5, 0.6) is 0 Å². The van der Waals surface area contributed by atoms with E-state index in [1.807, 2.05) is 13.8 Å². The monoisotopic (exact) mass is 268 g/mol. The zero-order valence-electron chi connectivity index (χ0n) is 11.0. The molecule has 0 unspecified atom stereocenters. The second-order valence-corrected chi connectivity index (χ2v) is 6.40. The van der Waals surface area contributed by atoms with Gasteiger partial charge in [-0.25, -0.2) is 4.98 Å². The first-order chi connectivity index (χ1) is 8.39. The highest BCUT2D eigenvalue weighted by Crippen LogP contribution is 2.32. The maximum Gasteiger partial charge on any atom is 0.265 e. The van der Waals surface area contributed by atoms with Gasteiger partial charge in [0.15, 0.2) is 5.13 Å². The van der Waals surface area contributed by atoms with E-state index in [1.54, 1.807) is 0 Å². The molecule has 100 valence electrons. The lowest BCUT2D eigenvalue weighted by Crippen LogP contribution is -2.50. The topological polar surface area (TPSA) is 80.0 Å². The fourth-order valence-corrected chi connectivity index (χ4v) is 2.89. The second kappa shape index (κ2) is 4.76. The summed E-state index contributed by atoms with van der Waals surface area (Å²) in [7, 11) is 0. The van der Waals surface area contributed by atoms with E-state index in [2.05, 4.69) is 22.5 Å². The van der Waals surface area contributed by atoms with Crippen molar-refractivity contribution >= 4 is 28.2 Å². The van der Waals surface area contributed by atoms with E-state index >= 15 is 0 Å². The van der Waals surface area contributed by atoms with Gasteiger partial charge in [-0.3, -0.25) is 4.79 Å². The molecule has 4 N–H and O–H groups in total. The Kier molecular flexibility index (Phi) is 3.47. The predicted molar refractivity (Wildman–Crippen MR) is 75.0 cm³/mol. The number of aromatic nitrogens is 1. The molecule has 1 amide bonds. The molecule has 5 nitrogen and oxygen atoms in total. The van der Waals surface area contributed by atoms with Gasteiger partial charge in [0.25, 0.3) is 5.91 Å². The van der Waals surface area contributed by atoms with Gasteiger partial charge in [0.1, 0.15) is 10.7 Å². The van der Waals surface area contributed by atoms with Gasteiger partial charge in [0.2, 0.25) is 0 Å². The molecule has 1 aliphatic carbocycles. The van der Waals surface area contributed by atoms with E-state index in [1.165, 1.54) is 17.8 Å². The van der Waals surface area contributed by atoms with Gasteiger partial charge >= 0.3 is 0 Å². The fraction of sp³-hybridized carbons (Fsp3) is 0.667. The summed E-state index contributed by atoms with van der Waals surface area (Å²) in [6.45, 7) is 6.11. The van der Waals surface area contributed by atoms with Crippen molar-refractivity contribution in [3.05, 3.63) is 4.88 Å². The first-order valence-corrected chi connectivity index (χ1v) is 7.07. The molecule has 1 aromatic heterocycles. The minimum absolute atomic E-state index is 0.0564. The van der Waals surface area contributed by atoms with E-state index in [0.29, 0.717) is 15.8 Å². The van der Waals surface area contributed by atoms with Crippen LogP contribution in [0.25, 0.3) is 0 Å². The molecular formula is C12H20N4OS. The van der Waals surface area contributed by atoms with Crippen LogP contribution in [0.1, 0.15) is 49.7 Å². The number of nitrogens with zero attached hydrogens (tertiary/aromatic N) is 1. The van der Waals surface area contributed by atoms with Crippen molar-refractivity contribution < 1.29 is 4.79 Å². The number of carbonyl (C=O) groups is 1. The third-order valence-electron chi connectivity index (χ3n) is 3.14. The Morgan fingerprint density at radius 2 is 2.17 bits per heavy atom. The Labute approximate surface area is 111 Å². The zero-order valence-corrected chi connectivity index (χ0v) is 11.9. The third kappa shape index (κ3) is 2.75. The summed E-state index contributed by atoms with van der Waals surface area (Å²) in [5, 5.41) is 6.90. The molecule has 2 rings (SSSR count). The summed E-state index contributed by atoms with van der Waals surface area (Å²) in [6.07, 6.45) is 3.25. The predicted octanol–water partition coefficient (Wildman–Crippen LogP) is 2.22. The maximum absolute atomic E-state index is 12.1. The number of nitrogens with two attached hydrogens (primary N) is 1. The molecule has 1 heterocycles. The Bertz CT molecular complexity index is 451. The molecular weight excluding hydrogens is 248 g/mol. The molecule has 0 aromatic carbocycles. The van der Waals surface area contributed by atoms with Crippen molar-refractivity contribution in [2.75, 3.05) is 11.1 Å². The Balaban J connectivity index is 2.07. The molecule has 1 saturated carbocycles. The highest BCUT2D eigenvalue weighted by Gasteiger charge is 2.34. The molecule has 1 aromatic rings. The minimum Gasteiger partial charge on any atom is -0.382 e. The number of anilines is 2. The molecule has 0 atom stereocenters. The molecule has 0 aliphatic heterocycles. The maximum atomic E-state index is 12.1. The van der Waals surface area contributed by atoms with Gasteiger partial charge in [-0.2, -0.15) is 0 Å². The molecule has 1 fully saturated rings. The van der Waals surface area contributed by atoms with Crippen LogP contribution in [0.3, 0.4) is 0 Å². The SMILES string of the molecule is CC(C)Nc1nc(N)c(C(=O)NC2(C)CCC2)s1. The van der Waals surface area contributed by atoms with Crippen LogP contribution < -0.4 is 16.4 Å². The molecule has 0 radical (unpaired) electrons. The number of nitrogens with one attached hydrogen (secondary N) is 2. The fourth-order valence-electron chi connectivity index (χ4n) is 1.97. The van der Waals surface area contributed by atoms with Gasteiger partial charge in [0, 0.05) is 11.6 Å². The normalized spacial score (nSPS) is 17.3. The van der Waals surface area contributed by atoms with Crippen LogP contribution in [0.4, 0.5) is 10.9 Å². The van der Waals surface area contributed by atoms with E-state index in [-0.39, 0.29) is 17.5 Å². The molecule has 0 bridgehead atoms. The van der Waals surface area contributed by atoms with Gasteiger partial charge < -0.3 is 16.4 Å². The Hall–Kier alpha value is -1.30. The van der Waals surface area contributed by atoms with Crippen LogP contribution in [-0.4, -0.2) is 22.5 Å². The lowest BCUT2D eigenvalue weighted by atomic mass is 9.78. The van der Waals surface area contributed by atoms with Crippen molar-refractivity contribution in [3.8, 4) is 0 Å². The molecule has 1 aliphatic rings.